The monoisotopic (exact) mass is 294 g/mol. The maximum Gasteiger partial charge on any atom is 0.243 e. The number of anilines is 3. The second-order valence-electron chi connectivity index (χ2n) is 5.73. The fraction of sp³-hybridized carbons (Fsp3) is 0.769. The Morgan fingerprint density at radius 3 is 2.43 bits per heavy atom. The lowest BCUT2D eigenvalue weighted by molar-refractivity contribution is 0.223. The summed E-state index contributed by atoms with van der Waals surface area (Å²) in [5.74, 6) is 6.90. The topological polar surface area (TPSA) is 95.2 Å². The molecule has 1 atom stereocenters. The first-order valence-corrected chi connectivity index (χ1v) is 7.47. The van der Waals surface area contributed by atoms with Gasteiger partial charge in [-0.1, -0.05) is 6.42 Å². The number of aromatic nitrogens is 3. The van der Waals surface area contributed by atoms with Gasteiger partial charge in [0, 0.05) is 26.7 Å². The summed E-state index contributed by atoms with van der Waals surface area (Å²) in [4.78, 5) is 17.1. The summed E-state index contributed by atoms with van der Waals surface area (Å²) in [6.45, 7) is 5.50. The average Bonchev–Trinajstić information content (AvgIpc) is 2.47. The summed E-state index contributed by atoms with van der Waals surface area (Å²) in [5.41, 5.74) is 2.48. The Morgan fingerprint density at radius 2 is 1.81 bits per heavy atom. The molecule has 1 fully saturated rings. The van der Waals surface area contributed by atoms with Crippen molar-refractivity contribution in [2.45, 2.75) is 32.2 Å². The van der Waals surface area contributed by atoms with Crippen molar-refractivity contribution in [1.29, 1.82) is 0 Å². The van der Waals surface area contributed by atoms with Crippen LogP contribution in [0.3, 0.4) is 0 Å². The normalized spacial score (nSPS) is 17.3. The van der Waals surface area contributed by atoms with Crippen LogP contribution in [0.4, 0.5) is 17.8 Å². The smallest absolute Gasteiger partial charge is 0.243 e. The summed E-state index contributed by atoms with van der Waals surface area (Å²) in [6.07, 6.45) is 3.94. The van der Waals surface area contributed by atoms with Crippen LogP contribution in [0.25, 0.3) is 0 Å². The van der Waals surface area contributed by atoms with E-state index >= 15 is 0 Å². The molecule has 118 valence electrons. The molecule has 1 aromatic heterocycles. The van der Waals surface area contributed by atoms with E-state index in [1.54, 1.807) is 0 Å². The highest BCUT2D eigenvalue weighted by Crippen LogP contribution is 2.13. The van der Waals surface area contributed by atoms with Gasteiger partial charge in [0.1, 0.15) is 0 Å². The summed E-state index contributed by atoms with van der Waals surface area (Å²) in [7, 11) is 3.77. The molecule has 1 aliphatic rings. The third-order valence-electron chi connectivity index (χ3n) is 3.51. The molecule has 1 unspecified atom stereocenters. The predicted molar refractivity (Wildman–Crippen MR) is 85.3 cm³/mol. The Bertz CT molecular complexity index is 444. The second kappa shape index (κ2) is 7.37. The van der Waals surface area contributed by atoms with Crippen molar-refractivity contribution in [2.24, 2.45) is 5.84 Å². The lowest BCUT2D eigenvalue weighted by Crippen LogP contribution is -2.38. The molecule has 4 N–H and O–H groups in total. The highest BCUT2D eigenvalue weighted by Gasteiger charge is 2.15. The number of hydrazine groups is 1. The van der Waals surface area contributed by atoms with E-state index in [0.29, 0.717) is 17.8 Å². The van der Waals surface area contributed by atoms with E-state index in [4.69, 9.17) is 5.84 Å². The first-order valence-electron chi connectivity index (χ1n) is 7.47. The van der Waals surface area contributed by atoms with Gasteiger partial charge in [0.05, 0.1) is 0 Å². The van der Waals surface area contributed by atoms with Gasteiger partial charge in [-0.25, -0.2) is 5.84 Å². The Hall–Kier alpha value is -1.67. The molecule has 0 amide bonds. The Labute approximate surface area is 126 Å². The zero-order valence-electron chi connectivity index (χ0n) is 13.1. The van der Waals surface area contributed by atoms with E-state index in [0.717, 1.165) is 6.54 Å². The fourth-order valence-corrected chi connectivity index (χ4v) is 2.49. The van der Waals surface area contributed by atoms with Crippen LogP contribution in [0, 0.1) is 0 Å². The van der Waals surface area contributed by atoms with Crippen LogP contribution in [0.5, 0.6) is 0 Å². The molecule has 2 rings (SSSR count). The standard InChI is InChI=1S/C13H26N8/c1-10(9-21-7-5-4-6-8-21)15-11-16-12(19-14)18-13(17-11)20(2)3/h10H,4-9,14H2,1-3H3,(H2,15,16,17,18,19). The van der Waals surface area contributed by atoms with Crippen LogP contribution in [0.15, 0.2) is 0 Å². The van der Waals surface area contributed by atoms with Crippen molar-refractivity contribution in [1.82, 2.24) is 19.9 Å². The first-order chi connectivity index (χ1) is 10.1. The van der Waals surface area contributed by atoms with Crippen LogP contribution >= 0.6 is 0 Å². The Balaban J connectivity index is 1.98. The van der Waals surface area contributed by atoms with Crippen LogP contribution in [0.2, 0.25) is 0 Å². The van der Waals surface area contributed by atoms with Crippen LogP contribution in [0.1, 0.15) is 26.2 Å². The second-order valence-corrected chi connectivity index (χ2v) is 5.73. The summed E-state index contributed by atoms with van der Waals surface area (Å²) >= 11 is 0. The quantitative estimate of drug-likeness (QED) is 0.516. The van der Waals surface area contributed by atoms with Gasteiger partial charge in [0.2, 0.25) is 17.8 Å². The van der Waals surface area contributed by atoms with Gasteiger partial charge in [0.25, 0.3) is 0 Å². The molecule has 0 radical (unpaired) electrons. The molecule has 1 aromatic rings. The van der Waals surface area contributed by atoms with Gasteiger partial charge in [-0.05, 0) is 32.9 Å². The van der Waals surface area contributed by atoms with E-state index in [9.17, 15) is 0 Å². The zero-order chi connectivity index (χ0) is 15.2. The highest BCUT2D eigenvalue weighted by atomic mass is 15.4. The Kier molecular flexibility index (Phi) is 5.51. The average molecular weight is 294 g/mol. The number of hydrogen-bond acceptors (Lipinski definition) is 8. The summed E-state index contributed by atoms with van der Waals surface area (Å²) < 4.78 is 0. The first kappa shape index (κ1) is 15.7. The van der Waals surface area contributed by atoms with Crippen molar-refractivity contribution in [3.05, 3.63) is 0 Å². The third-order valence-corrected chi connectivity index (χ3v) is 3.51. The van der Waals surface area contributed by atoms with E-state index < -0.39 is 0 Å². The third kappa shape index (κ3) is 4.68. The molecule has 0 aromatic carbocycles. The molecule has 0 bridgehead atoms. The molecule has 0 saturated carbocycles. The van der Waals surface area contributed by atoms with Gasteiger partial charge in [-0.2, -0.15) is 15.0 Å². The number of piperidine rings is 1. The summed E-state index contributed by atoms with van der Waals surface area (Å²) in [6, 6.07) is 0.270. The molecule has 8 heteroatoms. The molecular weight excluding hydrogens is 268 g/mol. The fourth-order valence-electron chi connectivity index (χ4n) is 2.49. The minimum atomic E-state index is 0.270. The van der Waals surface area contributed by atoms with Crippen LogP contribution < -0.4 is 21.5 Å². The summed E-state index contributed by atoms with van der Waals surface area (Å²) in [5, 5.41) is 3.33. The molecule has 21 heavy (non-hydrogen) atoms. The number of nitrogens with zero attached hydrogens (tertiary/aromatic N) is 5. The van der Waals surface area contributed by atoms with Crippen molar-refractivity contribution in [2.75, 3.05) is 49.4 Å². The van der Waals surface area contributed by atoms with Crippen molar-refractivity contribution in [3.8, 4) is 0 Å². The molecule has 0 aliphatic carbocycles. The van der Waals surface area contributed by atoms with Gasteiger partial charge in [-0.3, -0.25) is 5.43 Å². The number of nitrogens with one attached hydrogen (secondary N) is 2. The van der Waals surface area contributed by atoms with Gasteiger partial charge in [-0.15, -0.1) is 0 Å². The largest absolute Gasteiger partial charge is 0.350 e. The zero-order valence-corrected chi connectivity index (χ0v) is 13.1. The molecular formula is C13H26N8. The molecule has 2 heterocycles. The van der Waals surface area contributed by atoms with Crippen molar-refractivity contribution >= 4 is 17.8 Å². The minimum Gasteiger partial charge on any atom is -0.350 e. The maximum absolute atomic E-state index is 5.41. The number of rotatable bonds is 6. The van der Waals surface area contributed by atoms with Crippen LogP contribution in [-0.2, 0) is 0 Å². The van der Waals surface area contributed by atoms with Crippen molar-refractivity contribution < 1.29 is 0 Å². The predicted octanol–water partition coefficient (Wildman–Crippen LogP) is 0.510. The molecule has 1 aliphatic heterocycles. The number of likely N-dealkylation sites (tertiary alicyclic amines) is 1. The van der Waals surface area contributed by atoms with E-state index in [2.05, 4.69) is 37.5 Å². The number of hydrogen-bond donors (Lipinski definition) is 3. The van der Waals surface area contributed by atoms with Gasteiger partial charge < -0.3 is 15.1 Å². The highest BCUT2D eigenvalue weighted by molar-refractivity contribution is 5.42. The lowest BCUT2D eigenvalue weighted by atomic mass is 10.1. The van der Waals surface area contributed by atoms with Gasteiger partial charge in [0.15, 0.2) is 0 Å². The SMILES string of the molecule is CC(CN1CCCCC1)Nc1nc(NN)nc(N(C)C)n1. The van der Waals surface area contributed by atoms with Gasteiger partial charge >= 0.3 is 0 Å². The maximum atomic E-state index is 5.41. The van der Waals surface area contributed by atoms with E-state index in [-0.39, 0.29) is 6.04 Å². The Morgan fingerprint density at radius 1 is 1.14 bits per heavy atom. The molecule has 0 spiro atoms. The molecule has 1 saturated heterocycles. The lowest BCUT2D eigenvalue weighted by Gasteiger charge is -2.29. The minimum absolute atomic E-state index is 0.270. The molecule has 8 nitrogen and oxygen atoms in total. The van der Waals surface area contributed by atoms with E-state index in [1.165, 1.54) is 32.4 Å². The van der Waals surface area contributed by atoms with Crippen LogP contribution in [-0.4, -0.2) is 59.6 Å². The van der Waals surface area contributed by atoms with Crippen molar-refractivity contribution in [3.63, 3.8) is 0 Å². The number of nitrogen functional groups attached to an aromatic ring is 1. The number of nitrogens with two attached hydrogens (primary N) is 1. The van der Waals surface area contributed by atoms with E-state index in [1.807, 2.05) is 19.0 Å².